The summed E-state index contributed by atoms with van der Waals surface area (Å²) in [5.41, 5.74) is 5.85. The zero-order valence-electron chi connectivity index (χ0n) is 12.4. The van der Waals surface area contributed by atoms with E-state index in [9.17, 15) is 0 Å². The van der Waals surface area contributed by atoms with E-state index in [0.717, 1.165) is 28.8 Å². The van der Waals surface area contributed by atoms with Gasteiger partial charge in [-0.2, -0.15) is 0 Å². The summed E-state index contributed by atoms with van der Waals surface area (Å²) in [6.07, 6.45) is 2.85. The lowest BCUT2D eigenvalue weighted by Gasteiger charge is -2.20. The van der Waals surface area contributed by atoms with E-state index in [-0.39, 0.29) is 6.04 Å². The summed E-state index contributed by atoms with van der Waals surface area (Å²) >= 11 is 0. The highest BCUT2D eigenvalue weighted by Gasteiger charge is 2.11. The van der Waals surface area contributed by atoms with Crippen LogP contribution in [0.25, 0.3) is 10.8 Å². The first-order valence-electron chi connectivity index (χ1n) is 7.03. The van der Waals surface area contributed by atoms with Gasteiger partial charge in [-0.1, -0.05) is 19.9 Å². The molecule has 0 aliphatic heterocycles. The molecule has 4 heteroatoms. The Labute approximate surface area is 120 Å². The summed E-state index contributed by atoms with van der Waals surface area (Å²) in [6.45, 7) is 4.99. The van der Waals surface area contributed by atoms with Crippen LogP contribution in [0.5, 0.6) is 5.75 Å². The summed E-state index contributed by atoms with van der Waals surface area (Å²) in [7, 11) is 1.67. The van der Waals surface area contributed by atoms with Crippen molar-refractivity contribution in [3.05, 3.63) is 30.5 Å². The first kappa shape index (κ1) is 14.6. The van der Waals surface area contributed by atoms with E-state index in [1.54, 1.807) is 7.11 Å². The Morgan fingerprint density at radius 1 is 1.30 bits per heavy atom. The highest BCUT2D eigenvalue weighted by Crippen LogP contribution is 2.26. The second-order valence-electron chi connectivity index (χ2n) is 5.45. The second kappa shape index (κ2) is 6.57. The van der Waals surface area contributed by atoms with Crippen molar-refractivity contribution in [3.8, 4) is 5.75 Å². The van der Waals surface area contributed by atoms with Gasteiger partial charge in [0.2, 0.25) is 0 Å². The normalized spacial score (nSPS) is 12.7. The third-order valence-corrected chi connectivity index (χ3v) is 3.35. The molecule has 0 aliphatic carbocycles. The minimum Gasteiger partial charge on any atom is -0.497 e. The zero-order chi connectivity index (χ0) is 14.5. The van der Waals surface area contributed by atoms with Crippen molar-refractivity contribution in [3.63, 3.8) is 0 Å². The Kier molecular flexibility index (Phi) is 4.79. The molecule has 0 radical (unpaired) electrons. The molecule has 1 atom stereocenters. The van der Waals surface area contributed by atoms with Crippen LogP contribution in [0.4, 0.5) is 5.82 Å². The molecule has 2 aromatic rings. The van der Waals surface area contributed by atoms with Crippen molar-refractivity contribution in [2.24, 2.45) is 11.7 Å². The molecule has 1 unspecified atom stereocenters. The Morgan fingerprint density at radius 2 is 2.10 bits per heavy atom. The molecule has 0 saturated heterocycles. The number of rotatable bonds is 6. The average Bonchev–Trinajstić information content (AvgIpc) is 2.45. The molecule has 1 heterocycles. The van der Waals surface area contributed by atoms with Crippen LogP contribution in [-0.4, -0.2) is 24.7 Å². The first-order valence-corrected chi connectivity index (χ1v) is 7.03. The van der Waals surface area contributed by atoms with Crippen molar-refractivity contribution >= 4 is 16.6 Å². The Morgan fingerprint density at radius 3 is 2.75 bits per heavy atom. The van der Waals surface area contributed by atoms with Crippen LogP contribution in [0.15, 0.2) is 30.5 Å². The van der Waals surface area contributed by atoms with Crippen LogP contribution >= 0.6 is 0 Å². The molecule has 1 aromatic heterocycles. The maximum Gasteiger partial charge on any atom is 0.134 e. The van der Waals surface area contributed by atoms with Crippen molar-refractivity contribution in [1.29, 1.82) is 0 Å². The zero-order valence-corrected chi connectivity index (χ0v) is 12.4. The summed E-state index contributed by atoms with van der Waals surface area (Å²) in [6, 6.07) is 8.24. The molecule has 0 amide bonds. The number of methoxy groups -OCH3 is 1. The standard InChI is InChI=1S/C16H23N3O/c1-11(2)8-13(10-17)19-16-15-9-14(20-3)5-4-12(15)6-7-18-16/h4-7,9,11,13H,8,10,17H2,1-3H3,(H,18,19). The van der Waals surface area contributed by atoms with E-state index < -0.39 is 0 Å². The van der Waals surface area contributed by atoms with Crippen LogP contribution in [-0.2, 0) is 0 Å². The number of ether oxygens (including phenoxy) is 1. The van der Waals surface area contributed by atoms with Gasteiger partial charge in [-0.3, -0.25) is 0 Å². The van der Waals surface area contributed by atoms with Crippen LogP contribution in [0.2, 0.25) is 0 Å². The molecular weight excluding hydrogens is 250 g/mol. The Hall–Kier alpha value is -1.81. The summed E-state index contributed by atoms with van der Waals surface area (Å²) < 4.78 is 5.29. The Balaban J connectivity index is 2.32. The van der Waals surface area contributed by atoms with Gasteiger partial charge < -0.3 is 15.8 Å². The molecule has 20 heavy (non-hydrogen) atoms. The highest BCUT2D eigenvalue weighted by atomic mass is 16.5. The summed E-state index contributed by atoms with van der Waals surface area (Å²) in [4.78, 5) is 4.46. The molecule has 2 rings (SSSR count). The van der Waals surface area contributed by atoms with E-state index in [1.165, 1.54) is 0 Å². The van der Waals surface area contributed by atoms with Gasteiger partial charge in [-0.25, -0.2) is 4.98 Å². The van der Waals surface area contributed by atoms with Gasteiger partial charge in [0, 0.05) is 24.2 Å². The van der Waals surface area contributed by atoms with Gasteiger partial charge >= 0.3 is 0 Å². The number of hydrogen-bond donors (Lipinski definition) is 2. The maximum atomic E-state index is 5.85. The molecule has 0 aliphatic rings. The minimum absolute atomic E-state index is 0.235. The quantitative estimate of drug-likeness (QED) is 0.849. The fraction of sp³-hybridized carbons (Fsp3) is 0.438. The highest BCUT2D eigenvalue weighted by molar-refractivity contribution is 5.92. The molecular formula is C16H23N3O. The van der Waals surface area contributed by atoms with Gasteiger partial charge in [-0.05, 0) is 35.9 Å². The van der Waals surface area contributed by atoms with Gasteiger partial charge in [0.25, 0.3) is 0 Å². The van der Waals surface area contributed by atoms with E-state index >= 15 is 0 Å². The van der Waals surface area contributed by atoms with Crippen LogP contribution in [0.1, 0.15) is 20.3 Å². The molecule has 3 N–H and O–H groups in total. The third-order valence-electron chi connectivity index (χ3n) is 3.35. The van der Waals surface area contributed by atoms with Gasteiger partial charge in [0.05, 0.1) is 7.11 Å². The van der Waals surface area contributed by atoms with Gasteiger partial charge in [-0.15, -0.1) is 0 Å². The van der Waals surface area contributed by atoms with Crippen molar-refractivity contribution in [2.45, 2.75) is 26.3 Å². The lowest BCUT2D eigenvalue weighted by molar-refractivity contribution is 0.415. The minimum atomic E-state index is 0.235. The van der Waals surface area contributed by atoms with Gasteiger partial charge in [0.1, 0.15) is 11.6 Å². The number of nitrogens with zero attached hydrogens (tertiary/aromatic N) is 1. The lowest BCUT2D eigenvalue weighted by atomic mass is 10.0. The van der Waals surface area contributed by atoms with E-state index in [4.69, 9.17) is 10.5 Å². The number of aromatic nitrogens is 1. The number of pyridine rings is 1. The van der Waals surface area contributed by atoms with Gasteiger partial charge in [0.15, 0.2) is 0 Å². The number of nitrogens with two attached hydrogens (primary N) is 1. The van der Waals surface area contributed by atoms with Crippen LogP contribution in [0.3, 0.4) is 0 Å². The number of nitrogens with one attached hydrogen (secondary N) is 1. The fourth-order valence-electron chi connectivity index (χ4n) is 2.37. The van der Waals surface area contributed by atoms with Crippen LogP contribution in [0, 0.1) is 5.92 Å². The fourth-order valence-corrected chi connectivity index (χ4v) is 2.37. The number of fused-ring (bicyclic) bond motifs is 1. The number of hydrogen-bond acceptors (Lipinski definition) is 4. The SMILES string of the molecule is COc1ccc2ccnc(NC(CN)CC(C)C)c2c1. The molecule has 108 valence electrons. The molecule has 0 bridgehead atoms. The number of benzene rings is 1. The first-order chi connectivity index (χ1) is 9.63. The van der Waals surface area contributed by atoms with E-state index in [1.807, 2.05) is 30.5 Å². The third kappa shape index (κ3) is 3.39. The summed E-state index contributed by atoms with van der Waals surface area (Å²) in [5.74, 6) is 2.31. The predicted molar refractivity (Wildman–Crippen MR) is 84.2 cm³/mol. The maximum absolute atomic E-state index is 5.85. The smallest absolute Gasteiger partial charge is 0.134 e. The van der Waals surface area contributed by atoms with E-state index in [2.05, 4.69) is 24.1 Å². The largest absolute Gasteiger partial charge is 0.497 e. The molecule has 4 nitrogen and oxygen atoms in total. The molecule has 1 aromatic carbocycles. The molecule has 0 saturated carbocycles. The average molecular weight is 273 g/mol. The monoisotopic (exact) mass is 273 g/mol. The van der Waals surface area contributed by atoms with Crippen molar-refractivity contribution in [1.82, 2.24) is 4.98 Å². The molecule has 0 spiro atoms. The topological polar surface area (TPSA) is 60.2 Å². The Bertz CT molecular complexity index is 569. The molecule has 0 fully saturated rings. The second-order valence-corrected chi connectivity index (χ2v) is 5.45. The van der Waals surface area contributed by atoms with Crippen LogP contribution < -0.4 is 15.8 Å². The summed E-state index contributed by atoms with van der Waals surface area (Å²) in [5, 5.41) is 5.67. The van der Waals surface area contributed by atoms with Crippen molar-refractivity contribution < 1.29 is 4.74 Å². The van der Waals surface area contributed by atoms with E-state index in [0.29, 0.717) is 12.5 Å². The van der Waals surface area contributed by atoms with Crippen molar-refractivity contribution in [2.75, 3.05) is 19.0 Å². The number of anilines is 1. The lowest BCUT2D eigenvalue weighted by Crippen LogP contribution is -2.30. The predicted octanol–water partition coefficient (Wildman–Crippen LogP) is 3.03.